The molecule has 4 heteroatoms. The lowest BCUT2D eigenvalue weighted by Gasteiger charge is -2.26. The number of hydrogen-bond acceptors (Lipinski definition) is 4. The Morgan fingerprint density at radius 3 is 2.88 bits per heavy atom. The molecule has 1 heterocycles. The minimum absolute atomic E-state index is 0.167. The second-order valence-corrected chi connectivity index (χ2v) is 5.96. The molecule has 1 aromatic rings. The van der Waals surface area contributed by atoms with Crippen molar-refractivity contribution in [2.75, 3.05) is 6.54 Å². The second kappa shape index (κ2) is 6.73. The van der Waals surface area contributed by atoms with E-state index in [2.05, 4.69) is 37.1 Å². The molecule has 0 aliphatic rings. The van der Waals surface area contributed by atoms with Crippen LogP contribution in [0.15, 0.2) is 11.6 Å². The molecule has 0 fully saturated rings. The monoisotopic (exact) mass is 251 g/mol. The highest BCUT2D eigenvalue weighted by Crippen LogP contribution is 2.24. The Kier molecular flexibility index (Phi) is 5.60. The summed E-state index contributed by atoms with van der Waals surface area (Å²) in [6.07, 6.45) is 4.46. The molecule has 0 aliphatic heterocycles. The molecule has 1 N–H and O–H groups in total. The topological polar surface area (TPSA) is 48.7 Å². The van der Waals surface area contributed by atoms with Crippen LogP contribution >= 0.6 is 11.3 Å². The van der Waals surface area contributed by atoms with Crippen molar-refractivity contribution in [1.82, 2.24) is 10.3 Å². The van der Waals surface area contributed by atoms with Gasteiger partial charge in [-0.1, -0.05) is 20.8 Å². The number of rotatable bonds is 7. The maximum Gasteiger partial charge on any atom is 0.109 e. The fourth-order valence-electron chi connectivity index (χ4n) is 1.70. The Balaban J connectivity index is 2.45. The summed E-state index contributed by atoms with van der Waals surface area (Å²) in [5.41, 5.74) is 0.167. The third-order valence-corrected chi connectivity index (χ3v) is 3.79. The fourth-order valence-corrected chi connectivity index (χ4v) is 2.49. The zero-order valence-electron chi connectivity index (χ0n) is 10.9. The van der Waals surface area contributed by atoms with E-state index in [1.54, 1.807) is 11.3 Å². The van der Waals surface area contributed by atoms with Gasteiger partial charge in [0, 0.05) is 24.5 Å². The van der Waals surface area contributed by atoms with Crippen LogP contribution < -0.4 is 5.32 Å². The van der Waals surface area contributed by atoms with Gasteiger partial charge in [0.1, 0.15) is 5.01 Å². The first-order valence-electron chi connectivity index (χ1n) is 6.09. The molecule has 0 saturated heterocycles. The smallest absolute Gasteiger partial charge is 0.109 e. The number of nitriles is 1. The molecule has 1 rings (SSSR count). The van der Waals surface area contributed by atoms with Gasteiger partial charge in [0.05, 0.1) is 12.1 Å². The van der Waals surface area contributed by atoms with Crippen LogP contribution in [0.5, 0.6) is 0 Å². The van der Waals surface area contributed by atoms with Crippen molar-refractivity contribution >= 4 is 11.3 Å². The lowest BCUT2D eigenvalue weighted by atomic mass is 9.87. The van der Waals surface area contributed by atoms with E-state index in [1.165, 1.54) is 0 Å². The van der Waals surface area contributed by atoms with Crippen molar-refractivity contribution in [3.8, 4) is 6.07 Å². The van der Waals surface area contributed by atoms with Gasteiger partial charge < -0.3 is 5.32 Å². The Bertz CT molecular complexity index is 351. The first kappa shape index (κ1) is 14.1. The van der Waals surface area contributed by atoms with Crippen LogP contribution in [0.1, 0.15) is 51.1 Å². The van der Waals surface area contributed by atoms with E-state index in [4.69, 9.17) is 5.26 Å². The van der Waals surface area contributed by atoms with Crippen molar-refractivity contribution < 1.29 is 0 Å². The molecule has 0 spiro atoms. The molecule has 0 bridgehead atoms. The van der Waals surface area contributed by atoms with E-state index in [0.717, 1.165) is 24.4 Å². The molecule has 94 valence electrons. The quantitative estimate of drug-likeness (QED) is 0.806. The largest absolute Gasteiger partial charge is 0.307 e. The zero-order valence-corrected chi connectivity index (χ0v) is 11.7. The van der Waals surface area contributed by atoms with E-state index in [0.29, 0.717) is 12.5 Å². The molecular formula is C13H21N3S. The van der Waals surface area contributed by atoms with Crippen molar-refractivity contribution in [3.63, 3.8) is 0 Å². The minimum atomic E-state index is 0.167. The van der Waals surface area contributed by atoms with Crippen molar-refractivity contribution in [2.45, 2.75) is 46.1 Å². The average molecular weight is 251 g/mol. The standard InChI is InChI=1S/C13H21N3S/c1-4-11(12-15-8-9-17-12)16-10-13(2,3)6-5-7-14/h8-9,11,16H,4-6,10H2,1-3H3. The van der Waals surface area contributed by atoms with Gasteiger partial charge in [0.2, 0.25) is 0 Å². The molecule has 0 saturated carbocycles. The summed E-state index contributed by atoms with van der Waals surface area (Å²) in [5, 5.41) is 15.4. The normalized spacial score (nSPS) is 13.3. The molecule has 3 nitrogen and oxygen atoms in total. The first-order chi connectivity index (χ1) is 8.09. The summed E-state index contributed by atoms with van der Waals surface area (Å²) in [4.78, 5) is 4.35. The van der Waals surface area contributed by atoms with E-state index < -0.39 is 0 Å². The summed E-state index contributed by atoms with van der Waals surface area (Å²) in [7, 11) is 0. The predicted molar refractivity (Wildman–Crippen MR) is 71.8 cm³/mol. The van der Waals surface area contributed by atoms with Gasteiger partial charge in [-0.2, -0.15) is 5.26 Å². The molecule has 1 aromatic heterocycles. The third-order valence-electron chi connectivity index (χ3n) is 2.90. The maximum absolute atomic E-state index is 8.62. The fraction of sp³-hybridized carbons (Fsp3) is 0.692. The SMILES string of the molecule is CCC(NCC(C)(C)CCC#N)c1nccs1. The highest BCUT2D eigenvalue weighted by Gasteiger charge is 2.20. The third kappa shape index (κ3) is 4.84. The number of thiazole rings is 1. The van der Waals surface area contributed by atoms with Gasteiger partial charge in [-0.05, 0) is 18.3 Å². The van der Waals surface area contributed by atoms with Gasteiger partial charge in [-0.15, -0.1) is 11.3 Å². The Labute approximate surface area is 108 Å². The van der Waals surface area contributed by atoms with Crippen LogP contribution in [0, 0.1) is 16.7 Å². The Morgan fingerprint density at radius 1 is 1.59 bits per heavy atom. The van der Waals surface area contributed by atoms with Crippen LogP contribution in [-0.4, -0.2) is 11.5 Å². The van der Waals surface area contributed by atoms with Crippen LogP contribution in [0.2, 0.25) is 0 Å². The number of hydrogen-bond donors (Lipinski definition) is 1. The molecule has 0 aromatic carbocycles. The molecular weight excluding hydrogens is 230 g/mol. The van der Waals surface area contributed by atoms with Crippen LogP contribution in [-0.2, 0) is 0 Å². The summed E-state index contributed by atoms with van der Waals surface area (Å²) < 4.78 is 0. The van der Waals surface area contributed by atoms with E-state index >= 15 is 0 Å². The van der Waals surface area contributed by atoms with Crippen LogP contribution in [0.3, 0.4) is 0 Å². The lowest BCUT2D eigenvalue weighted by molar-refractivity contribution is 0.298. The van der Waals surface area contributed by atoms with Gasteiger partial charge in [-0.3, -0.25) is 0 Å². The lowest BCUT2D eigenvalue weighted by Crippen LogP contribution is -2.32. The molecule has 0 amide bonds. The summed E-state index contributed by atoms with van der Waals surface area (Å²) >= 11 is 1.70. The minimum Gasteiger partial charge on any atom is -0.307 e. The molecule has 17 heavy (non-hydrogen) atoms. The van der Waals surface area contributed by atoms with E-state index in [1.807, 2.05) is 11.6 Å². The Hall–Kier alpha value is -0.920. The van der Waals surface area contributed by atoms with Gasteiger partial charge >= 0.3 is 0 Å². The van der Waals surface area contributed by atoms with Gasteiger partial charge in [0.15, 0.2) is 0 Å². The maximum atomic E-state index is 8.62. The number of nitrogens with one attached hydrogen (secondary N) is 1. The van der Waals surface area contributed by atoms with E-state index in [-0.39, 0.29) is 5.41 Å². The van der Waals surface area contributed by atoms with Crippen molar-refractivity contribution in [3.05, 3.63) is 16.6 Å². The van der Waals surface area contributed by atoms with E-state index in [9.17, 15) is 0 Å². The molecule has 1 unspecified atom stereocenters. The van der Waals surface area contributed by atoms with Crippen molar-refractivity contribution in [2.24, 2.45) is 5.41 Å². The van der Waals surface area contributed by atoms with Crippen LogP contribution in [0.4, 0.5) is 0 Å². The Morgan fingerprint density at radius 2 is 2.35 bits per heavy atom. The summed E-state index contributed by atoms with van der Waals surface area (Å²) in [6.45, 7) is 7.49. The predicted octanol–water partition coefficient (Wildman–Crippen LogP) is 3.51. The average Bonchev–Trinajstić information content (AvgIpc) is 2.81. The van der Waals surface area contributed by atoms with Gasteiger partial charge in [-0.25, -0.2) is 4.98 Å². The highest BCUT2D eigenvalue weighted by atomic mass is 32.1. The number of aromatic nitrogens is 1. The zero-order chi connectivity index (χ0) is 12.7. The summed E-state index contributed by atoms with van der Waals surface area (Å²) in [6, 6.07) is 2.56. The summed E-state index contributed by atoms with van der Waals surface area (Å²) in [5.74, 6) is 0. The van der Waals surface area contributed by atoms with Crippen molar-refractivity contribution in [1.29, 1.82) is 5.26 Å². The molecule has 0 radical (unpaired) electrons. The van der Waals surface area contributed by atoms with Crippen LogP contribution in [0.25, 0.3) is 0 Å². The first-order valence-corrected chi connectivity index (χ1v) is 6.97. The second-order valence-electron chi connectivity index (χ2n) is 5.03. The van der Waals surface area contributed by atoms with Gasteiger partial charge in [0.25, 0.3) is 0 Å². The molecule has 0 aliphatic carbocycles. The highest BCUT2D eigenvalue weighted by molar-refractivity contribution is 7.09. The number of nitrogens with zero attached hydrogens (tertiary/aromatic N) is 2. The molecule has 1 atom stereocenters.